The molecule has 0 saturated carbocycles. The molecule has 0 atom stereocenters. The fourth-order valence-electron chi connectivity index (χ4n) is 2.98. The number of aromatic nitrogens is 4. The number of carbonyl (C=O) groups is 1. The molecular weight excluding hydrogens is 410 g/mol. The summed E-state index contributed by atoms with van der Waals surface area (Å²) in [5.41, 5.74) is 1.03. The van der Waals surface area contributed by atoms with E-state index in [-0.39, 0.29) is 5.91 Å². The van der Waals surface area contributed by atoms with E-state index < -0.39 is 0 Å². The molecular formula is C23H21N5O4. The molecule has 4 aromatic rings. The highest BCUT2D eigenvalue weighted by Gasteiger charge is 2.11. The molecule has 2 aromatic heterocycles. The van der Waals surface area contributed by atoms with E-state index in [0.29, 0.717) is 40.2 Å². The van der Waals surface area contributed by atoms with Crippen LogP contribution in [0.4, 0.5) is 5.69 Å². The van der Waals surface area contributed by atoms with Gasteiger partial charge in [-0.1, -0.05) is 0 Å². The van der Waals surface area contributed by atoms with Crippen LogP contribution < -0.4 is 19.5 Å². The molecule has 0 aliphatic rings. The zero-order valence-corrected chi connectivity index (χ0v) is 17.8. The molecule has 32 heavy (non-hydrogen) atoms. The summed E-state index contributed by atoms with van der Waals surface area (Å²) in [6, 6.07) is 15.5. The molecule has 0 radical (unpaired) electrons. The molecule has 9 nitrogen and oxygen atoms in total. The van der Waals surface area contributed by atoms with Gasteiger partial charge in [0.05, 0.1) is 14.2 Å². The molecule has 1 N–H and O–H groups in total. The molecule has 2 aromatic carbocycles. The number of hydrogen-bond donors (Lipinski definition) is 1. The van der Waals surface area contributed by atoms with Crippen molar-refractivity contribution in [3.05, 3.63) is 78.4 Å². The highest BCUT2D eigenvalue weighted by molar-refractivity contribution is 6.04. The van der Waals surface area contributed by atoms with E-state index in [2.05, 4.69) is 20.5 Å². The topological polar surface area (TPSA) is 100 Å². The number of nitrogens with zero attached hydrogens (tertiary/aromatic N) is 4. The number of nitrogens with one attached hydrogen (secondary N) is 1. The van der Waals surface area contributed by atoms with Gasteiger partial charge in [0, 0.05) is 35.8 Å². The van der Waals surface area contributed by atoms with Crippen molar-refractivity contribution in [3.63, 3.8) is 0 Å². The lowest BCUT2D eigenvalue weighted by molar-refractivity contribution is 0.102. The molecule has 9 heteroatoms. The second-order valence-corrected chi connectivity index (χ2v) is 6.76. The number of amides is 1. The lowest BCUT2D eigenvalue weighted by Crippen LogP contribution is -2.12. The molecule has 1 amide bonds. The van der Waals surface area contributed by atoms with Gasteiger partial charge >= 0.3 is 0 Å². The maximum absolute atomic E-state index is 12.6. The van der Waals surface area contributed by atoms with Crippen LogP contribution in [0.3, 0.4) is 0 Å². The van der Waals surface area contributed by atoms with Crippen LogP contribution in [0.15, 0.2) is 67.0 Å². The normalized spacial score (nSPS) is 10.5. The summed E-state index contributed by atoms with van der Waals surface area (Å²) in [7, 11) is 3.07. The van der Waals surface area contributed by atoms with Crippen molar-refractivity contribution in [2.24, 2.45) is 0 Å². The predicted octanol–water partition coefficient (Wildman–Crippen LogP) is 4.03. The first-order valence-electron chi connectivity index (χ1n) is 9.72. The summed E-state index contributed by atoms with van der Waals surface area (Å²) >= 11 is 0. The Bertz CT molecular complexity index is 1200. The summed E-state index contributed by atoms with van der Waals surface area (Å²) in [5.74, 6) is 3.17. The third-order valence-electron chi connectivity index (χ3n) is 4.65. The molecule has 4 rings (SSSR count). The monoisotopic (exact) mass is 431 g/mol. The van der Waals surface area contributed by atoms with Crippen molar-refractivity contribution in [2.75, 3.05) is 19.5 Å². The fraction of sp³-hybridized carbons (Fsp3) is 0.130. The van der Waals surface area contributed by atoms with Gasteiger partial charge in [-0.2, -0.15) is 0 Å². The summed E-state index contributed by atoms with van der Waals surface area (Å²) in [5, 5.41) is 11.1. The molecule has 0 aliphatic heterocycles. The molecule has 2 heterocycles. The van der Waals surface area contributed by atoms with E-state index in [1.54, 1.807) is 60.8 Å². The Hall–Kier alpha value is -4.40. The predicted molar refractivity (Wildman–Crippen MR) is 118 cm³/mol. The van der Waals surface area contributed by atoms with E-state index in [4.69, 9.17) is 14.2 Å². The third kappa shape index (κ3) is 4.67. The first kappa shape index (κ1) is 20.9. The fourth-order valence-corrected chi connectivity index (χ4v) is 2.98. The third-order valence-corrected chi connectivity index (χ3v) is 4.65. The first-order chi connectivity index (χ1) is 15.6. The number of imidazole rings is 1. The molecule has 0 saturated heterocycles. The molecule has 0 fully saturated rings. The van der Waals surface area contributed by atoms with Crippen molar-refractivity contribution < 1.29 is 19.0 Å². The highest BCUT2D eigenvalue weighted by atomic mass is 16.5. The Balaban J connectivity index is 1.41. The average molecular weight is 431 g/mol. The van der Waals surface area contributed by atoms with Gasteiger partial charge in [0.2, 0.25) is 5.88 Å². The minimum Gasteiger partial charge on any atom is -0.497 e. The standard InChI is InChI=1S/C23H21N5O4/c1-15-24-10-11-28(15)21-8-9-22(27-26-21)32-18-6-4-17(5-7-18)25-23(29)16-12-19(30-2)14-20(13-16)31-3/h4-14H,1-3H3,(H,25,29). The average Bonchev–Trinajstić information content (AvgIpc) is 3.26. The Kier molecular flexibility index (Phi) is 5.98. The maximum atomic E-state index is 12.6. The Morgan fingerprint density at radius 2 is 1.62 bits per heavy atom. The van der Waals surface area contributed by atoms with Crippen molar-refractivity contribution in [3.8, 4) is 28.9 Å². The van der Waals surface area contributed by atoms with E-state index in [1.165, 1.54) is 14.2 Å². The summed E-state index contributed by atoms with van der Waals surface area (Å²) < 4.78 is 18.0. The van der Waals surface area contributed by atoms with E-state index >= 15 is 0 Å². The van der Waals surface area contributed by atoms with Crippen molar-refractivity contribution >= 4 is 11.6 Å². The van der Waals surface area contributed by atoms with Gasteiger partial charge in [-0.15, -0.1) is 10.2 Å². The van der Waals surface area contributed by atoms with Gasteiger partial charge in [0.15, 0.2) is 5.82 Å². The zero-order chi connectivity index (χ0) is 22.5. The van der Waals surface area contributed by atoms with Crippen LogP contribution >= 0.6 is 0 Å². The number of carbonyl (C=O) groups excluding carboxylic acids is 1. The van der Waals surface area contributed by atoms with Crippen LogP contribution in [0.25, 0.3) is 5.82 Å². The minimum absolute atomic E-state index is 0.285. The van der Waals surface area contributed by atoms with Gasteiger partial charge in [-0.25, -0.2) is 4.98 Å². The summed E-state index contributed by atoms with van der Waals surface area (Å²) in [6.45, 7) is 1.89. The zero-order valence-electron chi connectivity index (χ0n) is 17.8. The number of hydrogen-bond acceptors (Lipinski definition) is 7. The summed E-state index contributed by atoms with van der Waals surface area (Å²) in [6.07, 6.45) is 3.51. The SMILES string of the molecule is COc1cc(OC)cc(C(=O)Nc2ccc(Oc3ccc(-n4ccnc4C)nn3)cc2)c1. The Morgan fingerprint density at radius 3 is 2.19 bits per heavy atom. The minimum atomic E-state index is -0.285. The Labute approximate surface area is 184 Å². The van der Waals surface area contributed by atoms with Crippen LogP contribution in [0, 0.1) is 6.92 Å². The second kappa shape index (κ2) is 9.17. The maximum Gasteiger partial charge on any atom is 0.255 e. The van der Waals surface area contributed by atoms with Gasteiger partial charge in [-0.3, -0.25) is 9.36 Å². The summed E-state index contributed by atoms with van der Waals surface area (Å²) in [4.78, 5) is 16.8. The molecule has 0 spiro atoms. The second-order valence-electron chi connectivity index (χ2n) is 6.76. The highest BCUT2D eigenvalue weighted by Crippen LogP contribution is 2.25. The van der Waals surface area contributed by atoms with Crippen LogP contribution in [0.1, 0.15) is 16.2 Å². The van der Waals surface area contributed by atoms with Crippen LogP contribution in [-0.4, -0.2) is 39.9 Å². The lowest BCUT2D eigenvalue weighted by atomic mass is 10.1. The van der Waals surface area contributed by atoms with Crippen LogP contribution in [0.5, 0.6) is 23.1 Å². The van der Waals surface area contributed by atoms with Crippen LogP contribution in [0.2, 0.25) is 0 Å². The van der Waals surface area contributed by atoms with Crippen LogP contribution in [-0.2, 0) is 0 Å². The Morgan fingerprint density at radius 1 is 0.906 bits per heavy atom. The number of anilines is 1. The number of aryl methyl sites for hydroxylation is 1. The number of ether oxygens (including phenoxy) is 3. The number of methoxy groups -OCH3 is 2. The van der Waals surface area contributed by atoms with Crippen molar-refractivity contribution in [1.82, 2.24) is 19.7 Å². The molecule has 162 valence electrons. The first-order valence-corrected chi connectivity index (χ1v) is 9.72. The van der Waals surface area contributed by atoms with Crippen molar-refractivity contribution in [2.45, 2.75) is 6.92 Å². The largest absolute Gasteiger partial charge is 0.497 e. The number of rotatable bonds is 7. The van der Waals surface area contributed by atoms with Crippen molar-refractivity contribution in [1.29, 1.82) is 0 Å². The molecule has 0 aliphatic carbocycles. The molecule has 0 unspecified atom stereocenters. The smallest absolute Gasteiger partial charge is 0.255 e. The van der Waals surface area contributed by atoms with Gasteiger partial charge in [-0.05, 0) is 49.4 Å². The van der Waals surface area contributed by atoms with Gasteiger partial charge in [0.25, 0.3) is 5.91 Å². The van der Waals surface area contributed by atoms with E-state index in [9.17, 15) is 4.79 Å². The lowest BCUT2D eigenvalue weighted by Gasteiger charge is -2.10. The van der Waals surface area contributed by atoms with E-state index in [0.717, 1.165) is 5.82 Å². The van der Waals surface area contributed by atoms with E-state index in [1.807, 2.05) is 17.7 Å². The van der Waals surface area contributed by atoms with Gasteiger partial charge in [0.1, 0.15) is 23.1 Å². The van der Waals surface area contributed by atoms with Gasteiger partial charge < -0.3 is 19.5 Å². The quantitative estimate of drug-likeness (QED) is 0.471. The molecule has 0 bridgehead atoms. The number of benzene rings is 2.